The highest BCUT2D eigenvalue weighted by molar-refractivity contribution is 5.73. The lowest BCUT2D eigenvalue weighted by Crippen LogP contribution is -2.41. The third-order valence-electron chi connectivity index (χ3n) is 1.76. The lowest BCUT2D eigenvalue weighted by atomic mass is 10.3. The number of pyridine rings is 1. The Kier molecular flexibility index (Phi) is 4.56. The standard InChI is InChI=1S/C10H16N4O/c1-8(11)5-13-10(15)14-7-9-3-2-4-12-6-9/h2-4,6,8H,5,7,11H2,1H3,(H2,13,14,15)/t8-/m0/s1. The highest BCUT2D eigenvalue weighted by atomic mass is 16.2. The van der Waals surface area contributed by atoms with Gasteiger partial charge in [-0.2, -0.15) is 0 Å². The fraction of sp³-hybridized carbons (Fsp3) is 0.400. The van der Waals surface area contributed by atoms with Gasteiger partial charge in [-0.25, -0.2) is 4.79 Å². The molecule has 0 radical (unpaired) electrons. The first kappa shape index (κ1) is 11.5. The molecule has 1 aromatic heterocycles. The van der Waals surface area contributed by atoms with E-state index in [1.165, 1.54) is 0 Å². The van der Waals surface area contributed by atoms with Crippen LogP contribution in [-0.2, 0) is 6.54 Å². The number of hydrogen-bond acceptors (Lipinski definition) is 3. The number of carbonyl (C=O) groups is 1. The van der Waals surface area contributed by atoms with Crippen molar-refractivity contribution in [2.75, 3.05) is 6.54 Å². The van der Waals surface area contributed by atoms with Gasteiger partial charge in [0.15, 0.2) is 0 Å². The molecule has 1 atom stereocenters. The molecule has 15 heavy (non-hydrogen) atoms. The van der Waals surface area contributed by atoms with E-state index in [0.717, 1.165) is 5.56 Å². The summed E-state index contributed by atoms with van der Waals surface area (Å²) >= 11 is 0. The van der Waals surface area contributed by atoms with Crippen LogP contribution >= 0.6 is 0 Å². The van der Waals surface area contributed by atoms with Gasteiger partial charge in [0.1, 0.15) is 0 Å². The largest absolute Gasteiger partial charge is 0.337 e. The second-order valence-electron chi connectivity index (χ2n) is 3.40. The maximum atomic E-state index is 11.2. The number of nitrogens with two attached hydrogens (primary N) is 1. The molecule has 5 nitrogen and oxygen atoms in total. The van der Waals surface area contributed by atoms with Crippen LogP contribution in [-0.4, -0.2) is 23.6 Å². The highest BCUT2D eigenvalue weighted by Gasteiger charge is 2.00. The van der Waals surface area contributed by atoms with Crippen LogP contribution in [0.4, 0.5) is 4.79 Å². The minimum Gasteiger partial charge on any atom is -0.337 e. The van der Waals surface area contributed by atoms with Crippen LogP contribution in [0, 0.1) is 0 Å². The summed E-state index contributed by atoms with van der Waals surface area (Å²) in [5, 5.41) is 5.37. The summed E-state index contributed by atoms with van der Waals surface area (Å²) in [6.07, 6.45) is 3.41. The number of amides is 2. The van der Waals surface area contributed by atoms with Crippen molar-refractivity contribution in [2.24, 2.45) is 5.73 Å². The molecule has 0 aliphatic heterocycles. The Morgan fingerprint density at radius 1 is 1.60 bits per heavy atom. The van der Waals surface area contributed by atoms with E-state index in [4.69, 9.17) is 5.73 Å². The van der Waals surface area contributed by atoms with E-state index in [2.05, 4.69) is 15.6 Å². The Balaban J connectivity index is 2.23. The molecular formula is C10H16N4O. The smallest absolute Gasteiger partial charge is 0.315 e. The number of hydrogen-bond donors (Lipinski definition) is 3. The van der Waals surface area contributed by atoms with Crippen molar-refractivity contribution in [3.63, 3.8) is 0 Å². The Morgan fingerprint density at radius 2 is 2.40 bits per heavy atom. The molecule has 0 spiro atoms. The molecule has 82 valence electrons. The maximum absolute atomic E-state index is 11.2. The first-order valence-electron chi connectivity index (χ1n) is 4.84. The molecular weight excluding hydrogens is 192 g/mol. The third kappa shape index (κ3) is 4.97. The van der Waals surface area contributed by atoms with E-state index in [1.807, 2.05) is 19.1 Å². The highest BCUT2D eigenvalue weighted by Crippen LogP contribution is 1.93. The van der Waals surface area contributed by atoms with Crippen LogP contribution in [0.5, 0.6) is 0 Å². The summed E-state index contributed by atoms with van der Waals surface area (Å²) < 4.78 is 0. The summed E-state index contributed by atoms with van der Waals surface area (Å²) in [5.41, 5.74) is 6.46. The predicted octanol–water partition coefficient (Wildman–Crippen LogP) is 0.228. The minimum atomic E-state index is -0.212. The van der Waals surface area contributed by atoms with Crippen molar-refractivity contribution in [3.8, 4) is 0 Å². The molecule has 2 amide bonds. The van der Waals surface area contributed by atoms with Gasteiger partial charge >= 0.3 is 6.03 Å². The normalized spacial score (nSPS) is 11.9. The molecule has 4 N–H and O–H groups in total. The number of urea groups is 1. The summed E-state index contributed by atoms with van der Waals surface area (Å²) in [6, 6.07) is 3.49. The van der Waals surface area contributed by atoms with Crippen LogP contribution in [0.15, 0.2) is 24.5 Å². The molecule has 0 unspecified atom stereocenters. The summed E-state index contributed by atoms with van der Waals surface area (Å²) in [7, 11) is 0. The zero-order valence-corrected chi connectivity index (χ0v) is 8.73. The van der Waals surface area contributed by atoms with Crippen LogP contribution in [0.25, 0.3) is 0 Å². The quantitative estimate of drug-likeness (QED) is 0.662. The number of nitrogens with zero attached hydrogens (tertiary/aromatic N) is 1. The molecule has 1 aromatic rings. The average Bonchev–Trinajstić information content (AvgIpc) is 2.25. The minimum absolute atomic E-state index is 0.0332. The first-order chi connectivity index (χ1) is 7.18. The van der Waals surface area contributed by atoms with Gasteiger partial charge in [0.25, 0.3) is 0 Å². The first-order valence-corrected chi connectivity index (χ1v) is 4.84. The van der Waals surface area contributed by atoms with Gasteiger partial charge < -0.3 is 16.4 Å². The van der Waals surface area contributed by atoms with Crippen molar-refractivity contribution in [2.45, 2.75) is 19.5 Å². The Bertz CT molecular complexity index is 300. The van der Waals surface area contributed by atoms with Gasteiger partial charge in [0.2, 0.25) is 0 Å². The van der Waals surface area contributed by atoms with E-state index < -0.39 is 0 Å². The van der Waals surface area contributed by atoms with Crippen LogP contribution in [0.2, 0.25) is 0 Å². The van der Waals surface area contributed by atoms with Gasteiger partial charge in [0.05, 0.1) is 0 Å². The van der Waals surface area contributed by atoms with Crippen molar-refractivity contribution >= 4 is 6.03 Å². The molecule has 0 saturated heterocycles. The number of rotatable bonds is 4. The summed E-state index contributed by atoms with van der Waals surface area (Å²) in [5.74, 6) is 0. The monoisotopic (exact) mass is 208 g/mol. The predicted molar refractivity (Wildman–Crippen MR) is 58.1 cm³/mol. The lowest BCUT2D eigenvalue weighted by molar-refractivity contribution is 0.240. The maximum Gasteiger partial charge on any atom is 0.315 e. The van der Waals surface area contributed by atoms with Crippen LogP contribution in [0.3, 0.4) is 0 Å². The molecule has 0 bridgehead atoms. The SMILES string of the molecule is C[C@H](N)CNC(=O)NCc1cccnc1. The van der Waals surface area contributed by atoms with E-state index in [0.29, 0.717) is 13.1 Å². The zero-order valence-electron chi connectivity index (χ0n) is 8.73. The second-order valence-corrected chi connectivity index (χ2v) is 3.40. The van der Waals surface area contributed by atoms with Gasteiger partial charge in [-0.05, 0) is 18.6 Å². The fourth-order valence-electron chi connectivity index (χ4n) is 1.00. The number of carbonyl (C=O) groups excluding carboxylic acids is 1. The van der Waals surface area contributed by atoms with Crippen molar-refractivity contribution in [1.82, 2.24) is 15.6 Å². The van der Waals surface area contributed by atoms with E-state index in [-0.39, 0.29) is 12.1 Å². The Morgan fingerprint density at radius 3 is 3.00 bits per heavy atom. The number of nitrogens with one attached hydrogen (secondary N) is 2. The van der Waals surface area contributed by atoms with E-state index in [1.54, 1.807) is 12.4 Å². The summed E-state index contributed by atoms with van der Waals surface area (Å²) in [6.45, 7) is 2.78. The third-order valence-corrected chi connectivity index (χ3v) is 1.76. The molecule has 5 heteroatoms. The summed E-state index contributed by atoms with van der Waals surface area (Å²) in [4.78, 5) is 15.2. The molecule has 0 aromatic carbocycles. The average molecular weight is 208 g/mol. The van der Waals surface area contributed by atoms with Crippen LogP contribution < -0.4 is 16.4 Å². The van der Waals surface area contributed by atoms with Crippen molar-refractivity contribution in [3.05, 3.63) is 30.1 Å². The van der Waals surface area contributed by atoms with E-state index in [9.17, 15) is 4.79 Å². The van der Waals surface area contributed by atoms with Gasteiger partial charge in [-0.15, -0.1) is 0 Å². The molecule has 0 aliphatic rings. The van der Waals surface area contributed by atoms with Gasteiger partial charge in [0, 0.05) is 31.5 Å². The molecule has 0 saturated carbocycles. The Hall–Kier alpha value is -1.62. The van der Waals surface area contributed by atoms with E-state index >= 15 is 0 Å². The lowest BCUT2D eigenvalue weighted by Gasteiger charge is -2.09. The fourth-order valence-corrected chi connectivity index (χ4v) is 1.00. The second kappa shape index (κ2) is 5.98. The Labute approximate surface area is 89.1 Å². The van der Waals surface area contributed by atoms with Crippen molar-refractivity contribution in [1.29, 1.82) is 0 Å². The molecule has 1 rings (SSSR count). The van der Waals surface area contributed by atoms with Crippen molar-refractivity contribution < 1.29 is 4.79 Å². The van der Waals surface area contributed by atoms with Gasteiger partial charge in [-0.3, -0.25) is 4.98 Å². The van der Waals surface area contributed by atoms with Gasteiger partial charge in [-0.1, -0.05) is 6.07 Å². The zero-order chi connectivity index (χ0) is 11.1. The molecule has 1 heterocycles. The topological polar surface area (TPSA) is 80.0 Å². The van der Waals surface area contributed by atoms with Crippen LogP contribution in [0.1, 0.15) is 12.5 Å². The molecule has 0 fully saturated rings. The number of aromatic nitrogens is 1. The molecule has 0 aliphatic carbocycles.